The SMILES string of the molecule is CCc1cn(CCCCC(C)C)nn1. The molecule has 80 valence electrons. The average Bonchev–Trinajstić information content (AvgIpc) is 2.60. The number of aryl methyl sites for hydroxylation is 2. The lowest BCUT2D eigenvalue weighted by molar-refractivity contribution is 0.485. The Morgan fingerprint density at radius 3 is 2.71 bits per heavy atom. The van der Waals surface area contributed by atoms with E-state index in [0.29, 0.717) is 0 Å². The number of aromatic nitrogens is 3. The lowest BCUT2D eigenvalue weighted by atomic mass is 10.1. The fourth-order valence-corrected chi connectivity index (χ4v) is 1.44. The largest absolute Gasteiger partial charge is 0.252 e. The predicted octanol–water partition coefficient (Wildman–Crippen LogP) is 2.67. The summed E-state index contributed by atoms with van der Waals surface area (Å²) < 4.78 is 1.96. The molecule has 1 aromatic rings. The Kier molecular flexibility index (Phi) is 4.63. The molecule has 0 aliphatic rings. The summed E-state index contributed by atoms with van der Waals surface area (Å²) in [6, 6.07) is 0. The fraction of sp³-hybridized carbons (Fsp3) is 0.818. The molecule has 0 spiro atoms. The molecule has 0 bridgehead atoms. The third-order valence-electron chi connectivity index (χ3n) is 2.37. The summed E-state index contributed by atoms with van der Waals surface area (Å²) in [5.41, 5.74) is 1.09. The van der Waals surface area contributed by atoms with Crippen molar-refractivity contribution in [2.45, 2.75) is 53.0 Å². The molecule has 0 amide bonds. The maximum Gasteiger partial charge on any atom is 0.0824 e. The molecule has 1 rings (SSSR count). The van der Waals surface area contributed by atoms with E-state index in [2.05, 4.69) is 37.3 Å². The van der Waals surface area contributed by atoms with Crippen LogP contribution in [0.4, 0.5) is 0 Å². The number of hydrogen-bond acceptors (Lipinski definition) is 2. The first kappa shape index (κ1) is 11.2. The molecule has 0 aromatic carbocycles. The summed E-state index contributed by atoms with van der Waals surface area (Å²) in [4.78, 5) is 0. The minimum Gasteiger partial charge on any atom is -0.252 e. The first-order valence-electron chi connectivity index (χ1n) is 5.61. The molecule has 0 unspecified atom stereocenters. The van der Waals surface area contributed by atoms with Gasteiger partial charge in [-0.05, 0) is 18.8 Å². The van der Waals surface area contributed by atoms with Gasteiger partial charge < -0.3 is 0 Å². The van der Waals surface area contributed by atoms with Gasteiger partial charge in [0.15, 0.2) is 0 Å². The Balaban J connectivity index is 2.18. The van der Waals surface area contributed by atoms with E-state index >= 15 is 0 Å². The van der Waals surface area contributed by atoms with E-state index in [4.69, 9.17) is 0 Å². The summed E-state index contributed by atoms with van der Waals surface area (Å²) in [6.45, 7) is 7.65. The van der Waals surface area contributed by atoms with Crippen LogP contribution in [0, 0.1) is 5.92 Å². The highest BCUT2D eigenvalue weighted by Crippen LogP contribution is 2.07. The van der Waals surface area contributed by atoms with Crippen LogP contribution in [0.3, 0.4) is 0 Å². The Labute approximate surface area is 86.5 Å². The van der Waals surface area contributed by atoms with Crippen molar-refractivity contribution >= 4 is 0 Å². The van der Waals surface area contributed by atoms with Gasteiger partial charge in [0, 0.05) is 12.7 Å². The van der Waals surface area contributed by atoms with Gasteiger partial charge in [-0.2, -0.15) is 0 Å². The van der Waals surface area contributed by atoms with Gasteiger partial charge in [0.2, 0.25) is 0 Å². The molecule has 0 saturated heterocycles. The van der Waals surface area contributed by atoms with E-state index in [9.17, 15) is 0 Å². The molecule has 3 heteroatoms. The zero-order valence-electron chi connectivity index (χ0n) is 9.53. The van der Waals surface area contributed by atoms with E-state index < -0.39 is 0 Å². The maximum atomic E-state index is 4.07. The minimum atomic E-state index is 0.817. The predicted molar refractivity (Wildman–Crippen MR) is 58.1 cm³/mol. The highest BCUT2D eigenvalue weighted by Gasteiger charge is 1.98. The molecule has 0 N–H and O–H groups in total. The van der Waals surface area contributed by atoms with Crippen molar-refractivity contribution in [1.82, 2.24) is 15.0 Å². The van der Waals surface area contributed by atoms with Crippen molar-refractivity contribution in [3.63, 3.8) is 0 Å². The molecule has 1 aromatic heterocycles. The van der Waals surface area contributed by atoms with E-state index in [1.807, 2.05) is 4.68 Å². The van der Waals surface area contributed by atoms with Crippen molar-refractivity contribution in [2.24, 2.45) is 5.92 Å². The van der Waals surface area contributed by atoms with Crippen molar-refractivity contribution in [3.05, 3.63) is 11.9 Å². The Morgan fingerprint density at radius 1 is 1.36 bits per heavy atom. The lowest BCUT2D eigenvalue weighted by Crippen LogP contribution is -1.99. The molecule has 1 heterocycles. The Hall–Kier alpha value is -0.860. The Morgan fingerprint density at radius 2 is 2.14 bits per heavy atom. The van der Waals surface area contributed by atoms with Gasteiger partial charge in [-0.1, -0.05) is 38.8 Å². The fourth-order valence-electron chi connectivity index (χ4n) is 1.44. The van der Waals surface area contributed by atoms with E-state index in [1.54, 1.807) is 0 Å². The normalized spacial score (nSPS) is 11.1. The van der Waals surface area contributed by atoms with Gasteiger partial charge in [0.1, 0.15) is 0 Å². The quantitative estimate of drug-likeness (QED) is 0.653. The molecular weight excluding hydrogens is 174 g/mol. The summed E-state index contributed by atoms with van der Waals surface area (Å²) in [5, 5.41) is 8.13. The third-order valence-corrected chi connectivity index (χ3v) is 2.37. The Bertz CT molecular complexity index is 253. The van der Waals surface area contributed by atoms with Crippen LogP contribution in [-0.4, -0.2) is 15.0 Å². The van der Waals surface area contributed by atoms with Crippen LogP contribution in [0.5, 0.6) is 0 Å². The molecule has 3 nitrogen and oxygen atoms in total. The highest BCUT2D eigenvalue weighted by molar-refractivity contribution is 4.90. The first-order chi connectivity index (χ1) is 6.72. The molecular formula is C11H21N3. The van der Waals surface area contributed by atoms with Gasteiger partial charge in [-0.25, -0.2) is 0 Å². The van der Waals surface area contributed by atoms with Crippen LogP contribution in [0.25, 0.3) is 0 Å². The number of nitrogens with zero attached hydrogens (tertiary/aromatic N) is 3. The molecule has 14 heavy (non-hydrogen) atoms. The van der Waals surface area contributed by atoms with Gasteiger partial charge in [-0.15, -0.1) is 5.10 Å². The van der Waals surface area contributed by atoms with Gasteiger partial charge in [0.25, 0.3) is 0 Å². The van der Waals surface area contributed by atoms with Crippen molar-refractivity contribution < 1.29 is 0 Å². The van der Waals surface area contributed by atoms with Crippen molar-refractivity contribution in [3.8, 4) is 0 Å². The van der Waals surface area contributed by atoms with Crippen LogP contribution < -0.4 is 0 Å². The van der Waals surface area contributed by atoms with Gasteiger partial charge in [0.05, 0.1) is 5.69 Å². The van der Waals surface area contributed by atoms with Crippen LogP contribution in [0.1, 0.15) is 45.7 Å². The maximum absolute atomic E-state index is 4.07. The third kappa shape index (κ3) is 3.90. The smallest absolute Gasteiger partial charge is 0.0824 e. The van der Waals surface area contributed by atoms with E-state index in [-0.39, 0.29) is 0 Å². The second-order valence-corrected chi connectivity index (χ2v) is 4.22. The molecule has 0 radical (unpaired) electrons. The summed E-state index contributed by atoms with van der Waals surface area (Å²) >= 11 is 0. The monoisotopic (exact) mass is 195 g/mol. The molecule has 0 aliphatic heterocycles. The average molecular weight is 195 g/mol. The lowest BCUT2D eigenvalue weighted by Gasteiger charge is -2.03. The van der Waals surface area contributed by atoms with E-state index in [0.717, 1.165) is 24.6 Å². The number of hydrogen-bond donors (Lipinski definition) is 0. The van der Waals surface area contributed by atoms with Crippen LogP contribution >= 0.6 is 0 Å². The standard InChI is InChI=1S/C11H21N3/c1-4-11-9-14(13-12-11)8-6-5-7-10(2)3/h9-10H,4-8H2,1-3H3. The van der Waals surface area contributed by atoms with E-state index in [1.165, 1.54) is 19.3 Å². The van der Waals surface area contributed by atoms with Crippen molar-refractivity contribution in [1.29, 1.82) is 0 Å². The molecule has 0 fully saturated rings. The van der Waals surface area contributed by atoms with Crippen LogP contribution in [-0.2, 0) is 13.0 Å². The van der Waals surface area contributed by atoms with Gasteiger partial charge in [-0.3, -0.25) is 4.68 Å². The molecule has 0 atom stereocenters. The van der Waals surface area contributed by atoms with Crippen LogP contribution in [0.2, 0.25) is 0 Å². The van der Waals surface area contributed by atoms with Crippen LogP contribution in [0.15, 0.2) is 6.20 Å². The summed E-state index contributed by atoms with van der Waals surface area (Å²) in [5.74, 6) is 0.817. The zero-order chi connectivity index (χ0) is 10.4. The minimum absolute atomic E-state index is 0.817. The second kappa shape index (κ2) is 5.78. The summed E-state index contributed by atoms with van der Waals surface area (Å²) in [7, 11) is 0. The second-order valence-electron chi connectivity index (χ2n) is 4.22. The summed E-state index contributed by atoms with van der Waals surface area (Å²) in [6.07, 6.45) is 6.85. The van der Waals surface area contributed by atoms with Crippen molar-refractivity contribution in [2.75, 3.05) is 0 Å². The zero-order valence-corrected chi connectivity index (χ0v) is 9.53. The highest BCUT2D eigenvalue weighted by atomic mass is 15.4. The topological polar surface area (TPSA) is 30.7 Å². The van der Waals surface area contributed by atoms with Gasteiger partial charge >= 0.3 is 0 Å². The number of unbranched alkanes of at least 4 members (excludes halogenated alkanes) is 1. The number of rotatable bonds is 6. The molecule has 0 saturated carbocycles. The molecule has 0 aliphatic carbocycles. The first-order valence-corrected chi connectivity index (χ1v) is 5.61.